The van der Waals surface area contributed by atoms with Gasteiger partial charge in [-0.1, -0.05) is 12.1 Å². The number of nitrogens with one attached hydrogen (secondary N) is 1. The number of carboxylic acid groups (broad SMARTS) is 1. The second-order valence-corrected chi connectivity index (χ2v) is 5.07. The molecule has 0 unspecified atom stereocenters. The molecule has 4 nitrogen and oxygen atoms in total. The van der Waals surface area contributed by atoms with Crippen molar-refractivity contribution < 1.29 is 9.90 Å². The van der Waals surface area contributed by atoms with E-state index in [4.69, 9.17) is 0 Å². The van der Waals surface area contributed by atoms with Crippen LogP contribution >= 0.6 is 11.8 Å². The van der Waals surface area contributed by atoms with Gasteiger partial charge in [-0.3, -0.25) is 4.98 Å². The average molecular weight is 288 g/mol. The van der Waals surface area contributed by atoms with Gasteiger partial charge in [0.05, 0.1) is 5.56 Å². The number of nitrogens with zero attached hydrogens (tertiary/aromatic N) is 1. The van der Waals surface area contributed by atoms with Crippen molar-refractivity contribution >= 4 is 23.4 Å². The minimum atomic E-state index is -0.904. The van der Waals surface area contributed by atoms with Gasteiger partial charge in [0.1, 0.15) is 0 Å². The lowest BCUT2D eigenvalue weighted by Gasteiger charge is -2.12. The molecule has 2 rings (SSSR count). The number of carboxylic acids is 1. The van der Waals surface area contributed by atoms with Crippen molar-refractivity contribution in [2.45, 2.75) is 11.3 Å². The van der Waals surface area contributed by atoms with Gasteiger partial charge in [-0.2, -0.15) is 0 Å². The third-order valence-corrected chi connectivity index (χ3v) is 3.69. The molecule has 0 aliphatic carbocycles. The van der Waals surface area contributed by atoms with E-state index in [9.17, 15) is 9.90 Å². The number of hydrogen-bond donors (Lipinski definition) is 2. The van der Waals surface area contributed by atoms with Crippen molar-refractivity contribution in [1.29, 1.82) is 0 Å². The van der Waals surface area contributed by atoms with E-state index in [1.165, 1.54) is 11.8 Å². The van der Waals surface area contributed by atoms with Crippen LogP contribution in [0.5, 0.6) is 0 Å². The molecule has 0 fully saturated rings. The monoisotopic (exact) mass is 288 g/mol. The van der Waals surface area contributed by atoms with Crippen molar-refractivity contribution in [3.63, 3.8) is 0 Å². The summed E-state index contributed by atoms with van der Waals surface area (Å²) >= 11 is 1.44. The van der Waals surface area contributed by atoms with Crippen LogP contribution in [0, 0.1) is 0 Å². The van der Waals surface area contributed by atoms with E-state index in [1.807, 2.05) is 36.7 Å². The van der Waals surface area contributed by atoms with E-state index in [0.717, 1.165) is 16.9 Å². The molecule has 0 radical (unpaired) electrons. The Morgan fingerprint density at radius 1 is 1.35 bits per heavy atom. The van der Waals surface area contributed by atoms with Gasteiger partial charge in [0.25, 0.3) is 0 Å². The van der Waals surface area contributed by atoms with Gasteiger partial charge >= 0.3 is 5.97 Å². The highest BCUT2D eigenvalue weighted by molar-refractivity contribution is 7.98. The normalized spacial score (nSPS) is 10.2. The fourth-order valence-corrected chi connectivity index (χ4v) is 2.57. The molecular formula is C15H16N2O2S. The van der Waals surface area contributed by atoms with Crippen molar-refractivity contribution in [3.05, 3.63) is 53.9 Å². The van der Waals surface area contributed by atoms with Gasteiger partial charge in [-0.05, 0) is 36.4 Å². The SMILES string of the molecule is CSc1cccc(NCCc2cccnc2)c1C(=O)O. The van der Waals surface area contributed by atoms with Crippen LogP contribution in [-0.2, 0) is 6.42 Å². The van der Waals surface area contributed by atoms with Gasteiger partial charge in [0.2, 0.25) is 0 Å². The highest BCUT2D eigenvalue weighted by atomic mass is 32.2. The second-order valence-electron chi connectivity index (χ2n) is 4.23. The van der Waals surface area contributed by atoms with Crippen LogP contribution in [0.3, 0.4) is 0 Å². The zero-order valence-corrected chi connectivity index (χ0v) is 12.0. The first-order valence-electron chi connectivity index (χ1n) is 6.25. The van der Waals surface area contributed by atoms with E-state index in [1.54, 1.807) is 12.3 Å². The predicted molar refractivity (Wildman–Crippen MR) is 81.6 cm³/mol. The molecule has 2 aromatic rings. The summed E-state index contributed by atoms with van der Waals surface area (Å²) in [6.07, 6.45) is 6.23. The minimum absolute atomic E-state index is 0.339. The zero-order chi connectivity index (χ0) is 14.4. The Balaban J connectivity index is 2.08. The number of benzene rings is 1. The summed E-state index contributed by atoms with van der Waals surface area (Å²) in [6.45, 7) is 0.670. The lowest BCUT2D eigenvalue weighted by Crippen LogP contribution is -2.10. The molecule has 0 saturated heterocycles. The number of carbonyl (C=O) groups is 1. The van der Waals surface area contributed by atoms with E-state index < -0.39 is 5.97 Å². The van der Waals surface area contributed by atoms with Crippen LogP contribution in [0.2, 0.25) is 0 Å². The average Bonchev–Trinajstić information content (AvgIpc) is 2.47. The van der Waals surface area contributed by atoms with Crippen molar-refractivity contribution in [1.82, 2.24) is 4.98 Å². The van der Waals surface area contributed by atoms with Crippen molar-refractivity contribution in [2.24, 2.45) is 0 Å². The van der Waals surface area contributed by atoms with Crippen LogP contribution in [0.15, 0.2) is 47.6 Å². The molecule has 0 saturated carbocycles. The summed E-state index contributed by atoms with van der Waals surface area (Å²) in [5, 5.41) is 12.5. The Labute approximate surface area is 122 Å². The molecule has 0 aliphatic heterocycles. The lowest BCUT2D eigenvalue weighted by atomic mass is 10.1. The van der Waals surface area contributed by atoms with Crippen LogP contribution < -0.4 is 5.32 Å². The first-order valence-corrected chi connectivity index (χ1v) is 7.48. The fraction of sp³-hybridized carbons (Fsp3) is 0.200. The Bertz CT molecular complexity index is 588. The third-order valence-electron chi connectivity index (χ3n) is 2.91. The number of rotatable bonds is 6. The molecule has 0 amide bonds. The maximum atomic E-state index is 11.4. The Hall–Kier alpha value is -2.01. The number of aromatic nitrogens is 1. The molecule has 0 atom stereocenters. The van der Waals surface area contributed by atoms with E-state index >= 15 is 0 Å². The number of pyridine rings is 1. The number of hydrogen-bond acceptors (Lipinski definition) is 4. The van der Waals surface area contributed by atoms with Gasteiger partial charge in [0.15, 0.2) is 0 Å². The third kappa shape index (κ3) is 3.51. The molecule has 1 heterocycles. The smallest absolute Gasteiger partial charge is 0.338 e. The molecule has 1 aromatic heterocycles. The highest BCUT2D eigenvalue weighted by Gasteiger charge is 2.14. The lowest BCUT2D eigenvalue weighted by molar-refractivity contribution is 0.0694. The standard InChI is InChI=1S/C15H16N2O2S/c1-20-13-6-2-5-12(14(13)15(18)19)17-9-7-11-4-3-8-16-10-11/h2-6,8,10,17H,7,9H2,1H3,(H,18,19). The summed E-state index contributed by atoms with van der Waals surface area (Å²) in [4.78, 5) is 16.2. The van der Waals surface area contributed by atoms with Gasteiger partial charge in [0, 0.05) is 29.5 Å². The highest BCUT2D eigenvalue weighted by Crippen LogP contribution is 2.27. The number of anilines is 1. The molecule has 5 heteroatoms. The summed E-state index contributed by atoms with van der Waals surface area (Å²) in [6, 6.07) is 9.38. The molecule has 0 bridgehead atoms. The molecule has 1 aromatic carbocycles. The van der Waals surface area contributed by atoms with Crippen LogP contribution in [-0.4, -0.2) is 28.9 Å². The Kier molecular flexibility index (Phi) is 5.01. The first kappa shape index (κ1) is 14.4. The van der Waals surface area contributed by atoms with Gasteiger partial charge < -0.3 is 10.4 Å². The fourth-order valence-electron chi connectivity index (χ4n) is 1.96. The summed E-state index contributed by atoms with van der Waals surface area (Å²) in [7, 11) is 0. The molecule has 20 heavy (non-hydrogen) atoms. The summed E-state index contributed by atoms with van der Waals surface area (Å²) in [5.74, 6) is -0.904. The first-order chi connectivity index (χ1) is 9.72. The largest absolute Gasteiger partial charge is 0.478 e. The van der Waals surface area contributed by atoms with E-state index in [2.05, 4.69) is 10.3 Å². The Morgan fingerprint density at radius 3 is 2.85 bits per heavy atom. The maximum absolute atomic E-state index is 11.4. The molecule has 0 aliphatic rings. The molecular weight excluding hydrogens is 272 g/mol. The van der Waals surface area contributed by atoms with Crippen LogP contribution in [0.1, 0.15) is 15.9 Å². The second kappa shape index (κ2) is 6.96. The van der Waals surface area contributed by atoms with Gasteiger partial charge in [-0.15, -0.1) is 11.8 Å². The number of aromatic carboxylic acids is 1. The zero-order valence-electron chi connectivity index (χ0n) is 11.2. The van der Waals surface area contributed by atoms with E-state index in [0.29, 0.717) is 17.8 Å². The minimum Gasteiger partial charge on any atom is -0.478 e. The topological polar surface area (TPSA) is 62.2 Å². The van der Waals surface area contributed by atoms with Crippen molar-refractivity contribution in [2.75, 3.05) is 18.1 Å². The molecule has 2 N–H and O–H groups in total. The summed E-state index contributed by atoms with van der Waals surface area (Å²) < 4.78 is 0. The number of thioether (sulfide) groups is 1. The van der Waals surface area contributed by atoms with E-state index in [-0.39, 0.29) is 0 Å². The van der Waals surface area contributed by atoms with Crippen molar-refractivity contribution in [3.8, 4) is 0 Å². The predicted octanol–water partition coefficient (Wildman–Crippen LogP) is 3.16. The summed E-state index contributed by atoms with van der Waals surface area (Å²) in [5.41, 5.74) is 2.12. The van der Waals surface area contributed by atoms with Crippen LogP contribution in [0.4, 0.5) is 5.69 Å². The van der Waals surface area contributed by atoms with Crippen LogP contribution in [0.25, 0.3) is 0 Å². The quantitative estimate of drug-likeness (QED) is 0.799. The molecule has 0 spiro atoms. The maximum Gasteiger partial charge on any atom is 0.338 e. The molecule has 104 valence electrons. The Morgan fingerprint density at radius 2 is 2.20 bits per heavy atom. The van der Waals surface area contributed by atoms with Gasteiger partial charge in [-0.25, -0.2) is 4.79 Å².